The summed E-state index contributed by atoms with van der Waals surface area (Å²) in [5.74, 6) is -0.608. The highest BCUT2D eigenvalue weighted by Gasteiger charge is 2.12. The molecule has 13 heavy (non-hydrogen) atoms. The van der Waals surface area contributed by atoms with Gasteiger partial charge >= 0.3 is 5.97 Å². The van der Waals surface area contributed by atoms with Gasteiger partial charge in [0, 0.05) is 0 Å². The number of carbonyl (C=O) groups is 1. The quantitative estimate of drug-likeness (QED) is 0.579. The summed E-state index contributed by atoms with van der Waals surface area (Å²) in [5.41, 5.74) is 5.60. The van der Waals surface area contributed by atoms with Gasteiger partial charge in [-0.15, -0.1) is 0 Å². The molecule has 0 amide bonds. The van der Waals surface area contributed by atoms with Crippen LogP contribution in [0.1, 0.15) is 10.5 Å². The monoisotopic (exact) mass is 220 g/mol. The Balaban J connectivity index is 3.20. The van der Waals surface area contributed by atoms with Gasteiger partial charge in [0.2, 0.25) is 0 Å². The number of nitrogens with zero attached hydrogens (tertiary/aromatic N) is 1. The summed E-state index contributed by atoms with van der Waals surface area (Å²) < 4.78 is 4.43. The van der Waals surface area contributed by atoms with E-state index in [0.717, 1.165) is 0 Å². The van der Waals surface area contributed by atoms with E-state index in [-0.39, 0.29) is 21.6 Å². The van der Waals surface area contributed by atoms with Crippen LogP contribution in [0.2, 0.25) is 10.2 Å². The highest BCUT2D eigenvalue weighted by molar-refractivity contribution is 6.38. The number of pyridine rings is 1. The molecule has 1 aromatic heterocycles. The Morgan fingerprint density at radius 2 is 2.23 bits per heavy atom. The van der Waals surface area contributed by atoms with Crippen LogP contribution >= 0.6 is 23.2 Å². The minimum atomic E-state index is -0.608. The summed E-state index contributed by atoms with van der Waals surface area (Å²) in [6.45, 7) is 0. The number of nitrogen functional groups attached to an aromatic ring is 1. The van der Waals surface area contributed by atoms with Crippen LogP contribution in [-0.4, -0.2) is 18.1 Å². The fourth-order valence-electron chi connectivity index (χ4n) is 0.704. The van der Waals surface area contributed by atoms with Gasteiger partial charge < -0.3 is 10.5 Å². The van der Waals surface area contributed by atoms with Crippen molar-refractivity contribution in [3.63, 3.8) is 0 Å². The van der Waals surface area contributed by atoms with E-state index in [4.69, 9.17) is 28.9 Å². The summed E-state index contributed by atoms with van der Waals surface area (Å²) in [6.07, 6.45) is 0. The van der Waals surface area contributed by atoms with Crippen LogP contribution in [0.25, 0.3) is 0 Å². The molecule has 70 valence electrons. The third-order valence-electron chi connectivity index (χ3n) is 1.36. The standard InChI is InChI=1S/C7H6Cl2N2O2/c1-13-7(12)4-2-3(8)5(10)6(9)11-4/h2H,10H2,1H3. The molecule has 4 nitrogen and oxygen atoms in total. The summed E-state index contributed by atoms with van der Waals surface area (Å²) >= 11 is 11.3. The van der Waals surface area contributed by atoms with Crippen LogP contribution in [-0.2, 0) is 4.74 Å². The largest absolute Gasteiger partial charge is 0.464 e. The van der Waals surface area contributed by atoms with E-state index in [9.17, 15) is 4.79 Å². The number of nitrogens with two attached hydrogens (primary N) is 1. The zero-order valence-corrected chi connectivity index (χ0v) is 8.19. The first-order valence-electron chi connectivity index (χ1n) is 3.26. The second-order valence-electron chi connectivity index (χ2n) is 2.19. The maximum Gasteiger partial charge on any atom is 0.356 e. The maximum atomic E-state index is 11.0. The van der Waals surface area contributed by atoms with Gasteiger partial charge in [0.15, 0.2) is 10.8 Å². The Kier molecular flexibility index (Phi) is 2.95. The van der Waals surface area contributed by atoms with Gasteiger partial charge in [0.05, 0.1) is 17.8 Å². The lowest BCUT2D eigenvalue weighted by Crippen LogP contribution is -2.05. The van der Waals surface area contributed by atoms with Crippen molar-refractivity contribution in [3.8, 4) is 0 Å². The minimum Gasteiger partial charge on any atom is -0.464 e. The Morgan fingerprint density at radius 3 is 2.69 bits per heavy atom. The molecule has 0 unspecified atom stereocenters. The van der Waals surface area contributed by atoms with Gasteiger partial charge in [0.1, 0.15) is 0 Å². The van der Waals surface area contributed by atoms with Gasteiger partial charge in [-0.3, -0.25) is 0 Å². The number of hydrogen-bond donors (Lipinski definition) is 1. The van der Waals surface area contributed by atoms with Gasteiger partial charge in [-0.2, -0.15) is 0 Å². The third-order valence-corrected chi connectivity index (χ3v) is 1.96. The molecule has 0 aromatic carbocycles. The van der Waals surface area contributed by atoms with E-state index in [2.05, 4.69) is 9.72 Å². The topological polar surface area (TPSA) is 65.2 Å². The van der Waals surface area contributed by atoms with E-state index in [1.165, 1.54) is 13.2 Å². The molecule has 0 aliphatic heterocycles. The number of methoxy groups -OCH3 is 1. The van der Waals surface area contributed by atoms with Crippen molar-refractivity contribution in [2.45, 2.75) is 0 Å². The van der Waals surface area contributed by atoms with Crippen molar-refractivity contribution in [2.75, 3.05) is 12.8 Å². The van der Waals surface area contributed by atoms with Gasteiger partial charge in [-0.1, -0.05) is 23.2 Å². The van der Waals surface area contributed by atoms with E-state index in [1.807, 2.05) is 0 Å². The van der Waals surface area contributed by atoms with Crippen molar-refractivity contribution in [3.05, 3.63) is 21.9 Å². The molecule has 1 aromatic rings. The van der Waals surface area contributed by atoms with E-state index < -0.39 is 5.97 Å². The van der Waals surface area contributed by atoms with Crippen LogP contribution in [0.3, 0.4) is 0 Å². The molecule has 0 radical (unpaired) electrons. The number of halogens is 2. The fourth-order valence-corrected chi connectivity index (χ4v) is 1.14. The molecule has 1 rings (SSSR count). The predicted molar refractivity (Wildman–Crippen MR) is 50.0 cm³/mol. The van der Waals surface area contributed by atoms with Crippen LogP contribution < -0.4 is 5.73 Å². The Bertz CT molecular complexity index is 331. The molecular weight excluding hydrogens is 215 g/mol. The molecule has 0 spiro atoms. The van der Waals surface area contributed by atoms with Gasteiger partial charge in [0.25, 0.3) is 0 Å². The lowest BCUT2D eigenvalue weighted by Gasteiger charge is -2.03. The highest BCUT2D eigenvalue weighted by atomic mass is 35.5. The van der Waals surface area contributed by atoms with Gasteiger partial charge in [-0.05, 0) is 6.07 Å². The van der Waals surface area contributed by atoms with Gasteiger partial charge in [-0.25, -0.2) is 9.78 Å². The molecule has 0 atom stereocenters. The molecule has 0 saturated heterocycles. The first-order chi connectivity index (χ1) is 6.06. The van der Waals surface area contributed by atoms with E-state index in [0.29, 0.717) is 0 Å². The summed E-state index contributed by atoms with van der Waals surface area (Å²) in [4.78, 5) is 14.7. The lowest BCUT2D eigenvalue weighted by atomic mass is 10.3. The molecule has 0 aliphatic carbocycles. The first-order valence-corrected chi connectivity index (χ1v) is 4.01. The molecule has 0 saturated carbocycles. The highest BCUT2D eigenvalue weighted by Crippen LogP contribution is 2.26. The summed E-state index contributed by atoms with van der Waals surface area (Å²) in [6, 6.07) is 1.30. The molecule has 6 heteroatoms. The van der Waals surface area contributed by atoms with Crippen molar-refractivity contribution in [2.24, 2.45) is 0 Å². The minimum absolute atomic E-state index is 0.00657. The van der Waals surface area contributed by atoms with Crippen LogP contribution in [0.15, 0.2) is 6.07 Å². The third kappa shape index (κ3) is 2.02. The number of anilines is 1. The Hall–Kier alpha value is -1.00. The molecule has 0 aliphatic rings. The molecular formula is C7H6Cl2N2O2. The smallest absolute Gasteiger partial charge is 0.356 e. The fraction of sp³-hybridized carbons (Fsp3) is 0.143. The lowest BCUT2D eigenvalue weighted by molar-refractivity contribution is 0.0594. The molecule has 1 heterocycles. The normalized spacial score (nSPS) is 9.77. The SMILES string of the molecule is COC(=O)c1cc(Cl)c(N)c(Cl)n1. The van der Waals surface area contributed by atoms with Crippen molar-refractivity contribution < 1.29 is 9.53 Å². The Labute approximate surface area is 84.6 Å². The number of aromatic nitrogens is 1. The molecule has 2 N–H and O–H groups in total. The number of ether oxygens (including phenoxy) is 1. The molecule has 0 fully saturated rings. The first kappa shape index (κ1) is 10.1. The second-order valence-corrected chi connectivity index (χ2v) is 2.95. The predicted octanol–water partition coefficient (Wildman–Crippen LogP) is 1.76. The van der Waals surface area contributed by atoms with Crippen molar-refractivity contribution in [1.29, 1.82) is 0 Å². The number of esters is 1. The number of hydrogen-bond acceptors (Lipinski definition) is 4. The zero-order valence-electron chi connectivity index (χ0n) is 6.67. The van der Waals surface area contributed by atoms with Crippen LogP contribution in [0.5, 0.6) is 0 Å². The maximum absolute atomic E-state index is 11.0. The second kappa shape index (κ2) is 3.81. The number of carbonyl (C=O) groups excluding carboxylic acids is 1. The van der Waals surface area contributed by atoms with Crippen LogP contribution in [0.4, 0.5) is 5.69 Å². The van der Waals surface area contributed by atoms with E-state index >= 15 is 0 Å². The Morgan fingerprint density at radius 1 is 1.62 bits per heavy atom. The molecule has 0 bridgehead atoms. The summed E-state index contributed by atoms with van der Waals surface area (Å²) in [7, 11) is 1.24. The van der Waals surface area contributed by atoms with E-state index in [1.54, 1.807) is 0 Å². The van der Waals surface area contributed by atoms with Crippen molar-refractivity contribution in [1.82, 2.24) is 4.98 Å². The zero-order chi connectivity index (χ0) is 10.0. The van der Waals surface area contributed by atoms with Crippen molar-refractivity contribution >= 4 is 34.9 Å². The number of rotatable bonds is 1. The average Bonchev–Trinajstić information content (AvgIpc) is 2.12. The average molecular weight is 221 g/mol. The summed E-state index contributed by atoms with van der Waals surface area (Å²) in [5, 5.41) is 0.174. The van der Waals surface area contributed by atoms with Crippen LogP contribution in [0, 0.1) is 0 Å².